The molecule has 3 atom stereocenters. The van der Waals surface area contributed by atoms with Gasteiger partial charge in [-0.3, -0.25) is 0 Å². The van der Waals surface area contributed by atoms with Gasteiger partial charge in [0.05, 0.1) is 0 Å². The zero-order valence-electron chi connectivity index (χ0n) is 8.27. The Bertz CT molecular complexity index is 80.9. The molecule has 0 fully saturated rings. The van der Waals surface area contributed by atoms with E-state index in [1.54, 1.807) is 0 Å². The first-order chi connectivity index (χ1) is 5.22. The first kappa shape index (κ1) is 11.6. The molecular weight excluding hydrogens is 195 g/mol. The number of rotatable bonds is 6. The minimum atomic E-state index is 0.951. The predicted molar refractivity (Wildman–Crippen MR) is 55.9 cm³/mol. The molecule has 0 saturated heterocycles. The molecule has 0 rings (SSSR count). The summed E-state index contributed by atoms with van der Waals surface area (Å²) in [7, 11) is 0. The van der Waals surface area contributed by atoms with Crippen molar-refractivity contribution in [2.24, 2.45) is 5.92 Å². The standard InChI is InChI=1S/C10H23As/c1-4-6-7-8-10(11)9(3)5-2/h9-10H,4-8,11H2,1-3H3. The summed E-state index contributed by atoms with van der Waals surface area (Å²) in [5.74, 6) is 0.951. The summed E-state index contributed by atoms with van der Waals surface area (Å²) in [6.45, 7) is 6.97. The zero-order chi connectivity index (χ0) is 8.69. The van der Waals surface area contributed by atoms with Crippen LogP contribution in [0.25, 0.3) is 0 Å². The van der Waals surface area contributed by atoms with Gasteiger partial charge < -0.3 is 0 Å². The molecule has 1 heteroatoms. The van der Waals surface area contributed by atoms with Gasteiger partial charge in [-0.1, -0.05) is 0 Å². The topological polar surface area (TPSA) is 0 Å². The van der Waals surface area contributed by atoms with Gasteiger partial charge in [0.1, 0.15) is 0 Å². The van der Waals surface area contributed by atoms with Crippen molar-refractivity contribution in [2.75, 3.05) is 0 Å². The summed E-state index contributed by atoms with van der Waals surface area (Å²) in [6, 6.07) is 0. The maximum absolute atomic E-state index is 2.39. The quantitative estimate of drug-likeness (QED) is 0.475. The number of unbranched alkanes of at least 4 members (excludes halogenated alkanes) is 2. The van der Waals surface area contributed by atoms with Crippen LogP contribution in [0, 0.1) is 5.92 Å². The van der Waals surface area contributed by atoms with E-state index in [1.165, 1.54) is 32.1 Å². The zero-order valence-corrected chi connectivity index (χ0v) is 10.7. The SMILES string of the molecule is CCCCCC([AsH2])C(C)CC. The Morgan fingerprint density at radius 3 is 2.27 bits per heavy atom. The van der Waals surface area contributed by atoms with Gasteiger partial charge in [-0.25, -0.2) is 0 Å². The van der Waals surface area contributed by atoms with E-state index < -0.39 is 0 Å². The molecule has 0 bridgehead atoms. The van der Waals surface area contributed by atoms with Crippen LogP contribution in [0.2, 0.25) is 4.71 Å². The second-order valence-electron chi connectivity index (χ2n) is 3.55. The second-order valence-corrected chi connectivity index (χ2v) is 5.34. The van der Waals surface area contributed by atoms with Crippen molar-refractivity contribution in [3.63, 3.8) is 0 Å². The Hall–Kier alpha value is 0.558. The van der Waals surface area contributed by atoms with Gasteiger partial charge >= 0.3 is 80.4 Å². The molecule has 0 N–H and O–H groups in total. The fourth-order valence-electron chi connectivity index (χ4n) is 1.22. The number of hydrogen-bond acceptors (Lipinski definition) is 0. The fourth-order valence-corrected chi connectivity index (χ4v) is 2.28. The van der Waals surface area contributed by atoms with Gasteiger partial charge in [0.15, 0.2) is 0 Å². The van der Waals surface area contributed by atoms with Crippen molar-refractivity contribution in [2.45, 2.75) is 57.6 Å². The van der Waals surface area contributed by atoms with E-state index in [1.807, 2.05) is 16.9 Å². The van der Waals surface area contributed by atoms with Crippen LogP contribution >= 0.6 is 0 Å². The van der Waals surface area contributed by atoms with E-state index in [0.717, 1.165) is 10.6 Å². The molecular formula is C10H23As. The van der Waals surface area contributed by atoms with Crippen molar-refractivity contribution < 1.29 is 0 Å². The summed E-state index contributed by atoms with van der Waals surface area (Å²) in [4.78, 5) is 0. The van der Waals surface area contributed by atoms with Gasteiger partial charge in [0, 0.05) is 0 Å². The molecule has 0 nitrogen and oxygen atoms in total. The first-order valence-corrected chi connectivity index (χ1v) is 6.37. The van der Waals surface area contributed by atoms with Crippen molar-refractivity contribution >= 4 is 16.9 Å². The predicted octanol–water partition coefficient (Wildman–Crippen LogP) is 3.03. The molecule has 0 radical (unpaired) electrons. The molecule has 0 aliphatic carbocycles. The molecule has 0 amide bonds. The monoisotopic (exact) mass is 218 g/mol. The summed E-state index contributed by atoms with van der Waals surface area (Å²) in [5.41, 5.74) is 0. The summed E-state index contributed by atoms with van der Waals surface area (Å²) in [5, 5.41) is 0. The normalized spacial score (nSPS) is 16.4. The van der Waals surface area contributed by atoms with Gasteiger partial charge in [0.25, 0.3) is 0 Å². The number of hydrogen-bond donors (Lipinski definition) is 0. The third-order valence-corrected chi connectivity index (χ3v) is 4.59. The first-order valence-electron chi connectivity index (χ1n) is 4.97. The van der Waals surface area contributed by atoms with E-state index >= 15 is 0 Å². The second kappa shape index (κ2) is 7.22. The van der Waals surface area contributed by atoms with Crippen LogP contribution in [0.15, 0.2) is 0 Å². The molecule has 0 saturated carbocycles. The van der Waals surface area contributed by atoms with Crippen molar-refractivity contribution in [1.82, 2.24) is 0 Å². The Labute approximate surface area is 80.6 Å². The molecule has 0 aliphatic heterocycles. The molecule has 0 aromatic rings. The minimum absolute atomic E-state index is 0.951. The maximum atomic E-state index is 2.39. The molecule has 0 spiro atoms. The summed E-state index contributed by atoms with van der Waals surface area (Å²) in [6.07, 6.45) is 7.05. The van der Waals surface area contributed by atoms with Crippen LogP contribution in [0.3, 0.4) is 0 Å². The molecule has 0 aromatic heterocycles. The summed E-state index contributed by atoms with van der Waals surface area (Å²) < 4.78 is 0.999. The molecule has 0 aromatic carbocycles. The van der Waals surface area contributed by atoms with E-state index in [9.17, 15) is 0 Å². The van der Waals surface area contributed by atoms with Gasteiger partial charge in [-0.15, -0.1) is 0 Å². The Morgan fingerprint density at radius 2 is 1.82 bits per heavy atom. The van der Waals surface area contributed by atoms with E-state index in [-0.39, 0.29) is 0 Å². The summed E-state index contributed by atoms with van der Waals surface area (Å²) >= 11 is 1.95. The third-order valence-electron chi connectivity index (χ3n) is 2.52. The van der Waals surface area contributed by atoms with Crippen LogP contribution in [-0.4, -0.2) is 16.9 Å². The van der Waals surface area contributed by atoms with Gasteiger partial charge in [0.2, 0.25) is 0 Å². The Balaban J connectivity index is 3.28. The Kier molecular flexibility index (Phi) is 7.59. The van der Waals surface area contributed by atoms with Crippen molar-refractivity contribution in [3.05, 3.63) is 0 Å². The molecule has 0 aliphatic rings. The third kappa shape index (κ3) is 5.79. The van der Waals surface area contributed by atoms with Crippen LogP contribution in [0.5, 0.6) is 0 Å². The molecule has 3 unspecified atom stereocenters. The fraction of sp³-hybridized carbons (Fsp3) is 1.00. The van der Waals surface area contributed by atoms with Crippen LogP contribution < -0.4 is 0 Å². The van der Waals surface area contributed by atoms with Gasteiger partial charge in [-0.05, 0) is 0 Å². The molecule has 68 valence electrons. The average molecular weight is 218 g/mol. The van der Waals surface area contributed by atoms with Crippen LogP contribution in [-0.2, 0) is 0 Å². The van der Waals surface area contributed by atoms with E-state index in [0.29, 0.717) is 0 Å². The van der Waals surface area contributed by atoms with Crippen LogP contribution in [0.4, 0.5) is 0 Å². The average Bonchev–Trinajstić information content (AvgIpc) is 2.03. The van der Waals surface area contributed by atoms with Crippen molar-refractivity contribution in [3.8, 4) is 0 Å². The van der Waals surface area contributed by atoms with E-state index in [2.05, 4.69) is 20.8 Å². The van der Waals surface area contributed by atoms with Crippen molar-refractivity contribution in [1.29, 1.82) is 0 Å². The van der Waals surface area contributed by atoms with E-state index in [4.69, 9.17) is 0 Å². The van der Waals surface area contributed by atoms with Gasteiger partial charge in [-0.2, -0.15) is 0 Å². The molecule has 0 heterocycles. The molecule has 11 heavy (non-hydrogen) atoms. The Morgan fingerprint density at radius 1 is 1.18 bits per heavy atom. The van der Waals surface area contributed by atoms with Crippen LogP contribution in [0.1, 0.15) is 52.9 Å².